The Kier molecular flexibility index (Phi) is 4.81. The Bertz CT molecular complexity index is 162. The van der Waals surface area contributed by atoms with Gasteiger partial charge in [0.05, 0.1) is 6.26 Å². The Morgan fingerprint density at radius 1 is 1.55 bits per heavy atom. The van der Waals surface area contributed by atoms with Crippen molar-refractivity contribution in [2.24, 2.45) is 0 Å². The maximum absolute atomic E-state index is 10.4. The van der Waals surface area contributed by atoms with Gasteiger partial charge in [0.15, 0.2) is 0 Å². The number of rotatable bonds is 4. The topological polar surface area (TPSA) is 52.6 Å². The third kappa shape index (κ3) is 6.57. The van der Waals surface area contributed by atoms with E-state index >= 15 is 0 Å². The van der Waals surface area contributed by atoms with Crippen LogP contribution in [0.3, 0.4) is 0 Å². The molecule has 0 atom stereocenters. The minimum absolute atomic E-state index is 0.0311. The normalized spacial score (nSPS) is 8.45. The first kappa shape index (κ1) is 9.68. The van der Waals surface area contributed by atoms with Crippen LogP contribution in [0.1, 0.15) is 13.3 Å². The number of Topliss-reactive ketones (excluding diaryl/α,β-unsaturated/α-hetero) is 1. The summed E-state index contributed by atoms with van der Waals surface area (Å²) in [6.07, 6.45) is 0.351. The van der Waals surface area contributed by atoms with E-state index in [4.69, 9.17) is 0 Å². The second-order valence-corrected chi connectivity index (χ2v) is 1.83. The molecule has 0 aliphatic rings. The average molecular weight is 158 g/mol. The Hall–Kier alpha value is -1.32. The van der Waals surface area contributed by atoms with Gasteiger partial charge in [0.2, 0.25) is 0 Å². The van der Waals surface area contributed by atoms with Gasteiger partial charge < -0.3 is 9.47 Å². The van der Waals surface area contributed by atoms with Gasteiger partial charge in [0, 0.05) is 6.42 Å². The standard InChI is InChI=1S/C7H10O4/c1-3-10-7(9)11-5-4-6(2)8/h3H,1,4-5H2,2H3. The number of hydrogen-bond acceptors (Lipinski definition) is 4. The van der Waals surface area contributed by atoms with E-state index in [0.29, 0.717) is 0 Å². The second kappa shape index (κ2) is 5.46. The first-order chi connectivity index (χ1) is 5.16. The fraction of sp³-hybridized carbons (Fsp3) is 0.429. The lowest BCUT2D eigenvalue weighted by atomic mass is 10.3. The van der Waals surface area contributed by atoms with Crippen molar-refractivity contribution in [2.45, 2.75) is 13.3 Å². The molecule has 0 spiro atoms. The van der Waals surface area contributed by atoms with Crippen LogP contribution in [-0.2, 0) is 14.3 Å². The van der Waals surface area contributed by atoms with Crippen molar-refractivity contribution >= 4 is 11.9 Å². The van der Waals surface area contributed by atoms with Gasteiger partial charge >= 0.3 is 6.16 Å². The van der Waals surface area contributed by atoms with Gasteiger partial charge in [0.25, 0.3) is 0 Å². The summed E-state index contributed by atoms with van der Waals surface area (Å²) in [4.78, 5) is 20.7. The van der Waals surface area contributed by atoms with Crippen LogP contribution >= 0.6 is 0 Å². The zero-order valence-electron chi connectivity index (χ0n) is 6.33. The predicted molar refractivity (Wildman–Crippen MR) is 37.9 cm³/mol. The molecule has 4 heteroatoms. The van der Waals surface area contributed by atoms with Crippen LogP contribution in [0.15, 0.2) is 12.8 Å². The zero-order valence-corrected chi connectivity index (χ0v) is 6.33. The summed E-state index contributed by atoms with van der Waals surface area (Å²) in [6, 6.07) is 0. The summed E-state index contributed by atoms with van der Waals surface area (Å²) < 4.78 is 8.66. The molecule has 0 aromatic heterocycles. The molecular formula is C7H10O4. The van der Waals surface area contributed by atoms with Crippen molar-refractivity contribution in [1.29, 1.82) is 0 Å². The van der Waals surface area contributed by atoms with Gasteiger partial charge in [-0.2, -0.15) is 0 Å². The van der Waals surface area contributed by atoms with Crippen LogP contribution in [0.2, 0.25) is 0 Å². The van der Waals surface area contributed by atoms with Crippen LogP contribution in [-0.4, -0.2) is 18.5 Å². The van der Waals surface area contributed by atoms with Crippen LogP contribution < -0.4 is 0 Å². The van der Waals surface area contributed by atoms with Crippen LogP contribution in [0.5, 0.6) is 0 Å². The van der Waals surface area contributed by atoms with E-state index in [1.807, 2.05) is 0 Å². The van der Waals surface area contributed by atoms with E-state index < -0.39 is 6.16 Å². The number of carbonyl (C=O) groups excluding carboxylic acids is 2. The smallest absolute Gasteiger partial charge is 0.434 e. The molecule has 0 aliphatic heterocycles. The predicted octanol–water partition coefficient (Wildman–Crippen LogP) is 1.26. The van der Waals surface area contributed by atoms with Gasteiger partial charge in [-0.15, -0.1) is 0 Å². The Balaban J connectivity index is 3.31. The lowest BCUT2D eigenvalue weighted by Crippen LogP contribution is -2.07. The summed E-state index contributed by atoms with van der Waals surface area (Å²) in [5.74, 6) is -0.0311. The largest absolute Gasteiger partial charge is 0.513 e. The molecule has 0 rings (SSSR count). The SMILES string of the molecule is C=COC(=O)OCCC(C)=O. The number of ether oxygens (including phenoxy) is 2. The molecule has 0 aromatic carbocycles. The highest BCUT2D eigenvalue weighted by Gasteiger charge is 2.01. The number of ketones is 1. The minimum Gasteiger partial charge on any atom is -0.434 e. The second-order valence-electron chi connectivity index (χ2n) is 1.83. The molecule has 0 bridgehead atoms. The van der Waals surface area contributed by atoms with E-state index in [2.05, 4.69) is 16.1 Å². The molecule has 0 unspecified atom stereocenters. The molecule has 0 fully saturated rings. The van der Waals surface area contributed by atoms with Crippen molar-refractivity contribution in [1.82, 2.24) is 0 Å². The van der Waals surface area contributed by atoms with Gasteiger partial charge in [-0.05, 0) is 6.92 Å². The molecule has 0 N–H and O–H groups in total. The highest BCUT2D eigenvalue weighted by Crippen LogP contribution is 1.88. The lowest BCUT2D eigenvalue weighted by Gasteiger charge is -1.99. The van der Waals surface area contributed by atoms with Crippen LogP contribution in [0.4, 0.5) is 4.79 Å². The van der Waals surface area contributed by atoms with Gasteiger partial charge in [0.1, 0.15) is 12.4 Å². The minimum atomic E-state index is -0.832. The molecule has 62 valence electrons. The summed E-state index contributed by atoms with van der Waals surface area (Å²) in [5, 5.41) is 0. The van der Waals surface area contributed by atoms with Crippen molar-refractivity contribution in [2.75, 3.05) is 6.61 Å². The zero-order chi connectivity index (χ0) is 8.69. The maximum Gasteiger partial charge on any atom is 0.513 e. The van der Waals surface area contributed by atoms with E-state index in [9.17, 15) is 9.59 Å². The lowest BCUT2D eigenvalue weighted by molar-refractivity contribution is -0.117. The molecule has 0 radical (unpaired) electrons. The van der Waals surface area contributed by atoms with E-state index in [1.165, 1.54) is 6.92 Å². The number of carbonyl (C=O) groups is 2. The van der Waals surface area contributed by atoms with Crippen molar-refractivity contribution < 1.29 is 19.1 Å². The van der Waals surface area contributed by atoms with Crippen molar-refractivity contribution in [3.05, 3.63) is 12.8 Å². The summed E-state index contributed by atoms with van der Waals surface area (Å²) >= 11 is 0. The summed E-state index contributed by atoms with van der Waals surface area (Å²) in [5.41, 5.74) is 0. The van der Waals surface area contributed by atoms with Crippen molar-refractivity contribution in [3.8, 4) is 0 Å². The van der Waals surface area contributed by atoms with Gasteiger partial charge in [-0.3, -0.25) is 4.79 Å². The molecule has 0 saturated heterocycles. The first-order valence-electron chi connectivity index (χ1n) is 3.10. The third-order valence-corrected chi connectivity index (χ3v) is 0.854. The first-order valence-corrected chi connectivity index (χ1v) is 3.10. The molecule has 0 amide bonds. The Morgan fingerprint density at radius 3 is 2.64 bits per heavy atom. The summed E-state index contributed by atoms with van der Waals surface area (Å²) in [6.45, 7) is 4.63. The number of hydrogen-bond donors (Lipinski definition) is 0. The molecule has 0 aromatic rings. The monoisotopic (exact) mass is 158 g/mol. The molecule has 4 nitrogen and oxygen atoms in total. The van der Waals surface area contributed by atoms with Crippen molar-refractivity contribution in [3.63, 3.8) is 0 Å². The molecule has 11 heavy (non-hydrogen) atoms. The maximum atomic E-state index is 10.4. The van der Waals surface area contributed by atoms with Gasteiger partial charge in [-0.1, -0.05) is 6.58 Å². The summed E-state index contributed by atoms with van der Waals surface area (Å²) in [7, 11) is 0. The van der Waals surface area contributed by atoms with E-state index in [-0.39, 0.29) is 18.8 Å². The molecule has 0 aliphatic carbocycles. The van der Waals surface area contributed by atoms with Gasteiger partial charge in [-0.25, -0.2) is 4.79 Å². The molecule has 0 saturated carbocycles. The van der Waals surface area contributed by atoms with Crippen LogP contribution in [0.25, 0.3) is 0 Å². The highest BCUT2D eigenvalue weighted by molar-refractivity contribution is 5.75. The molecular weight excluding hydrogens is 148 g/mol. The third-order valence-electron chi connectivity index (χ3n) is 0.854. The fourth-order valence-corrected chi connectivity index (χ4v) is 0.380. The fourth-order valence-electron chi connectivity index (χ4n) is 0.380. The Morgan fingerprint density at radius 2 is 2.18 bits per heavy atom. The van der Waals surface area contributed by atoms with E-state index in [0.717, 1.165) is 6.26 Å². The quantitative estimate of drug-likeness (QED) is 0.456. The molecule has 0 heterocycles. The average Bonchev–Trinajstić information content (AvgIpc) is 1.87. The highest BCUT2D eigenvalue weighted by atomic mass is 16.7. The Labute approximate surface area is 64.8 Å². The van der Waals surface area contributed by atoms with E-state index in [1.54, 1.807) is 0 Å². The van der Waals surface area contributed by atoms with Crippen LogP contribution in [0, 0.1) is 0 Å².